The monoisotopic (exact) mass is 225 g/mol. The molecule has 1 unspecified atom stereocenters. The highest BCUT2D eigenvalue weighted by molar-refractivity contribution is 5.76. The van der Waals surface area contributed by atoms with Crippen LogP contribution in [0.3, 0.4) is 0 Å². The summed E-state index contributed by atoms with van der Waals surface area (Å²) in [5.41, 5.74) is 0. The minimum atomic E-state index is 0.409. The van der Waals surface area contributed by atoms with Crippen molar-refractivity contribution in [2.24, 2.45) is 5.92 Å². The molecule has 0 bridgehead atoms. The lowest BCUT2D eigenvalue weighted by Gasteiger charge is -2.20. The molecule has 1 aliphatic rings. The van der Waals surface area contributed by atoms with Crippen molar-refractivity contribution >= 4 is 5.91 Å². The van der Waals surface area contributed by atoms with Crippen molar-refractivity contribution in [3.8, 4) is 0 Å². The molecule has 1 rings (SSSR count). The maximum absolute atomic E-state index is 12.0. The van der Waals surface area contributed by atoms with Crippen LogP contribution in [-0.4, -0.2) is 23.9 Å². The molecule has 0 aromatic heterocycles. The number of carbonyl (C=O) groups excluding carboxylic acids is 1. The quantitative estimate of drug-likeness (QED) is 0.676. The summed E-state index contributed by atoms with van der Waals surface area (Å²) in [5.74, 6) is 1.08. The number of nitrogens with zero attached hydrogens (tertiary/aromatic N) is 1. The highest BCUT2D eigenvalue weighted by Crippen LogP contribution is 2.23. The molecule has 1 heterocycles. The predicted molar refractivity (Wildman–Crippen MR) is 68.4 cm³/mol. The van der Waals surface area contributed by atoms with Gasteiger partial charge < -0.3 is 4.90 Å². The first kappa shape index (κ1) is 13.5. The molecule has 16 heavy (non-hydrogen) atoms. The lowest BCUT2D eigenvalue weighted by atomic mass is 9.94. The van der Waals surface area contributed by atoms with Crippen molar-refractivity contribution in [3.63, 3.8) is 0 Å². The van der Waals surface area contributed by atoms with Gasteiger partial charge in [-0.05, 0) is 31.6 Å². The zero-order valence-corrected chi connectivity index (χ0v) is 11.0. The van der Waals surface area contributed by atoms with E-state index in [2.05, 4.69) is 18.7 Å². The van der Waals surface area contributed by atoms with E-state index in [-0.39, 0.29) is 0 Å². The van der Waals surface area contributed by atoms with Crippen LogP contribution in [0.5, 0.6) is 0 Å². The standard InChI is InChI=1S/C14H27NO/c1-3-5-8-13-9-7-11-15(10-6-4-2)14(16)12-13/h13H,3-12H2,1-2H3. The van der Waals surface area contributed by atoms with Crippen molar-refractivity contribution in [2.75, 3.05) is 13.1 Å². The average molecular weight is 225 g/mol. The third kappa shape index (κ3) is 4.54. The molecular weight excluding hydrogens is 198 g/mol. The number of likely N-dealkylation sites (tertiary alicyclic amines) is 1. The van der Waals surface area contributed by atoms with E-state index in [4.69, 9.17) is 0 Å². The lowest BCUT2D eigenvalue weighted by Crippen LogP contribution is -2.31. The summed E-state index contributed by atoms with van der Waals surface area (Å²) >= 11 is 0. The average Bonchev–Trinajstić information content (AvgIpc) is 2.46. The summed E-state index contributed by atoms with van der Waals surface area (Å²) < 4.78 is 0. The van der Waals surface area contributed by atoms with Crippen molar-refractivity contribution in [1.29, 1.82) is 0 Å². The molecule has 2 nitrogen and oxygen atoms in total. The van der Waals surface area contributed by atoms with Crippen molar-refractivity contribution in [3.05, 3.63) is 0 Å². The molecule has 0 saturated carbocycles. The minimum Gasteiger partial charge on any atom is -0.343 e. The van der Waals surface area contributed by atoms with E-state index in [0.29, 0.717) is 11.8 Å². The number of carbonyl (C=O) groups is 1. The van der Waals surface area contributed by atoms with Crippen LogP contribution in [0.4, 0.5) is 0 Å². The number of unbranched alkanes of at least 4 members (excludes halogenated alkanes) is 2. The first-order valence-electron chi connectivity index (χ1n) is 7.05. The third-order valence-electron chi connectivity index (χ3n) is 3.60. The Hall–Kier alpha value is -0.530. The van der Waals surface area contributed by atoms with Crippen LogP contribution >= 0.6 is 0 Å². The van der Waals surface area contributed by atoms with Gasteiger partial charge in [0.25, 0.3) is 0 Å². The summed E-state index contributed by atoms with van der Waals surface area (Å²) in [4.78, 5) is 14.1. The van der Waals surface area contributed by atoms with Gasteiger partial charge in [0.15, 0.2) is 0 Å². The predicted octanol–water partition coefficient (Wildman–Crippen LogP) is 3.61. The van der Waals surface area contributed by atoms with Gasteiger partial charge in [0.2, 0.25) is 5.91 Å². The Morgan fingerprint density at radius 1 is 1.25 bits per heavy atom. The molecule has 1 amide bonds. The van der Waals surface area contributed by atoms with Crippen molar-refractivity contribution in [2.45, 2.75) is 65.2 Å². The zero-order valence-electron chi connectivity index (χ0n) is 11.0. The second kappa shape index (κ2) is 7.70. The first-order valence-corrected chi connectivity index (χ1v) is 7.05. The normalized spacial score (nSPS) is 22.2. The molecule has 0 aromatic rings. The smallest absolute Gasteiger partial charge is 0.222 e. The Bertz CT molecular complexity index is 203. The number of hydrogen-bond acceptors (Lipinski definition) is 1. The Balaban J connectivity index is 2.36. The van der Waals surface area contributed by atoms with E-state index in [1.807, 2.05) is 0 Å². The summed E-state index contributed by atoms with van der Waals surface area (Å²) in [6, 6.07) is 0. The van der Waals surface area contributed by atoms with Gasteiger partial charge in [-0.15, -0.1) is 0 Å². The lowest BCUT2D eigenvalue weighted by molar-refractivity contribution is -0.131. The van der Waals surface area contributed by atoms with E-state index < -0.39 is 0 Å². The molecule has 0 radical (unpaired) electrons. The highest BCUT2D eigenvalue weighted by Gasteiger charge is 2.22. The first-order chi connectivity index (χ1) is 7.77. The number of rotatable bonds is 6. The third-order valence-corrected chi connectivity index (χ3v) is 3.60. The Kier molecular flexibility index (Phi) is 6.51. The highest BCUT2D eigenvalue weighted by atomic mass is 16.2. The molecule has 94 valence electrons. The molecule has 1 atom stereocenters. The van der Waals surface area contributed by atoms with Gasteiger partial charge in [-0.2, -0.15) is 0 Å². The Morgan fingerprint density at radius 2 is 2.00 bits per heavy atom. The fourth-order valence-electron chi connectivity index (χ4n) is 2.50. The van der Waals surface area contributed by atoms with Crippen LogP contribution < -0.4 is 0 Å². The summed E-state index contributed by atoms with van der Waals surface area (Å²) in [5, 5.41) is 0. The van der Waals surface area contributed by atoms with Gasteiger partial charge in [-0.25, -0.2) is 0 Å². The molecule has 2 heteroatoms. The summed E-state index contributed by atoms with van der Waals surface area (Å²) in [6.45, 7) is 6.40. The van der Waals surface area contributed by atoms with Gasteiger partial charge in [-0.3, -0.25) is 4.79 Å². The molecule has 0 N–H and O–H groups in total. The largest absolute Gasteiger partial charge is 0.343 e. The maximum atomic E-state index is 12.0. The van der Waals surface area contributed by atoms with E-state index in [0.717, 1.165) is 25.9 Å². The van der Waals surface area contributed by atoms with Crippen LogP contribution in [0.25, 0.3) is 0 Å². The van der Waals surface area contributed by atoms with Crippen LogP contribution in [0.2, 0.25) is 0 Å². The van der Waals surface area contributed by atoms with Crippen LogP contribution in [0, 0.1) is 5.92 Å². The zero-order chi connectivity index (χ0) is 11.8. The van der Waals surface area contributed by atoms with E-state index in [1.165, 1.54) is 38.5 Å². The van der Waals surface area contributed by atoms with E-state index >= 15 is 0 Å². The fourth-order valence-corrected chi connectivity index (χ4v) is 2.50. The van der Waals surface area contributed by atoms with Gasteiger partial charge >= 0.3 is 0 Å². The van der Waals surface area contributed by atoms with Crippen LogP contribution in [-0.2, 0) is 4.79 Å². The van der Waals surface area contributed by atoms with Crippen molar-refractivity contribution < 1.29 is 4.79 Å². The number of amides is 1. The fraction of sp³-hybridized carbons (Fsp3) is 0.929. The molecule has 0 aliphatic carbocycles. The molecule has 0 spiro atoms. The van der Waals surface area contributed by atoms with Gasteiger partial charge in [0, 0.05) is 19.5 Å². The van der Waals surface area contributed by atoms with Crippen LogP contribution in [0.1, 0.15) is 65.2 Å². The topological polar surface area (TPSA) is 20.3 Å². The second-order valence-electron chi connectivity index (χ2n) is 5.09. The molecule has 1 fully saturated rings. The Labute approximate surface area is 100 Å². The van der Waals surface area contributed by atoms with E-state index in [9.17, 15) is 4.79 Å². The van der Waals surface area contributed by atoms with Crippen molar-refractivity contribution in [1.82, 2.24) is 4.90 Å². The van der Waals surface area contributed by atoms with Gasteiger partial charge in [0.05, 0.1) is 0 Å². The number of hydrogen-bond donors (Lipinski definition) is 0. The molecule has 0 aromatic carbocycles. The molecule has 1 aliphatic heterocycles. The minimum absolute atomic E-state index is 0.409. The summed E-state index contributed by atoms with van der Waals surface area (Å²) in [7, 11) is 0. The maximum Gasteiger partial charge on any atom is 0.222 e. The van der Waals surface area contributed by atoms with Crippen LogP contribution in [0.15, 0.2) is 0 Å². The second-order valence-corrected chi connectivity index (χ2v) is 5.09. The van der Waals surface area contributed by atoms with Gasteiger partial charge in [-0.1, -0.05) is 33.1 Å². The SMILES string of the molecule is CCCCC1CCCN(CCCC)C(=O)C1. The van der Waals surface area contributed by atoms with Gasteiger partial charge in [0.1, 0.15) is 0 Å². The molecule has 1 saturated heterocycles. The Morgan fingerprint density at radius 3 is 2.69 bits per heavy atom. The molecular formula is C14H27NO. The summed E-state index contributed by atoms with van der Waals surface area (Å²) in [6.07, 6.45) is 9.41. The van der Waals surface area contributed by atoms with E-state index in [1.54, 1.807) is 0 Å².